The average Bonchev–Trinajstić information content (AvgIpc) is 2.39. The minimum absolute atomic E-state index is 0.892. The molecule has 0 bridgehead atoms. The van der Waals surface area contributed by atoms with Gasteiger partial charge in [0.2, 0.25) is 0 Å². The lowest BCUT2D eigenvalue weighted by Crippen LogP contribution is -2.25. The molecule has 21 heavy (non-hydrogen) atoms. The SMILES string of the molecule is Cl/C(C=[N+]1CCCCC1)=C\N1CCCCC1.F[B-](F)(F)F. The van der Waals surface area contributed by atoms with Crippen LogP contribution in [0, 0.1) is 0 Å². The molecular weight excluding hydrogens is 306 g/mol. The Hall–Kier alpha value is -0.715. The van der Waals surface area contributed by atoms with E-state index in [9.17, 15) is 17.3 Å². The summed E-state index contributed by atoms with van der Waals surface area (Å²) in [6.07, 6.45) is 12.2. The summed E-state index contributed by atoms with van der Waals surface area (Å²) < 4.78 is 41.4. The van der Waals surface area contributed by atoms with Crippen molar-refractivity contribution in [2.75, 3.05) is 26.2 Å². The maximum absolute atomic E-state index is 9.75. The molecule has 2 aliphatic heterocycles. The van der Waals surface area contributed by atoms with Crippen molar-refractivity contribution in [3.63, 3.8) is 0 Å². The van der Waals surface area contributed by atoms with E-state index in [1.54, 1.807) is 0 Å². The molecule has 2 heterocycles. The average molecular weight is 329 g/mol. The number of hydrogen-bond donors (Lipinski definition) is 0. The number of likely N-dealkylation sites (tertiary alicyclic amines) is 1. The van der Waals surface area contributed by atoms with E-state index in [2.05, 4.69) is 21.9 Å². The molecule has 2 aliphatic rings. The van der Waals surface area contributed by atoms with Gasteiger partial charge in [0.1, 0.15) is 18.1 Å². The number of hydrogen-bond acceptors (Lipinski definition) is 1. The molecule has 0 amide bonds. The van der Waals surface area contributed by atoms with Gasteiger partial charge in [-0.3, -0.25) is 0 Å². The highest BCUT2D eigenvalue weighted by atomic mass is 35.5. The Balaban J connectivity index is 0.000000383. The molecule has 2 saturated heterocycles. The van der Waals surface area contributed by atoms with E-state index in [0.29, 0.717) is 0 Å². The quantitative estimate of drug-likeness (QED) is 0.420. The first kappa shape index (κ1) is 18.3. The van der Waals surface area contributed by atoms with E-state index in [1.807, 2.05) is 0 Å². The van der Waals surface area contributed by atoms with Gasteiger partial charge in [-0.25, -0.2) is 4.58 Å². The maximum atomic E-state index is 9.75. The van der Waals surface area contributed by atoms with Crippen LogP contribution in [0.25, 0.3) is 0 Å². The molecule has 0 unspecified atom stereocenters. The lowest BCUT2D eigenvalue weighted by molar-refractivity contribution is -0.532. The number of rotatable bonds is 2. The molecule has 0 aromatic rings. The summed E-state index contributed by atoms with van der Waals surface area (Å²) in [7, 11) is -6.00. The Kier molecular flexibility index (Phi) is 8.15. The summed E-state index contributed by atoms with van der Waals surface area (Å²) >= 11 is 6.27. The fraction of sp³-hybridized carbons (Fsp3) is 0.769. The van der Waals surface area contributed by atoms with Gasteiger partial charge in [0.05, 0.1) is 0 Å². The molecule has 0 aromatic heterocycles. The molecule has 2 rings (SSSR count). The topological polar surface area (TPSA) is 6.25 Å². The van der Waals surface area contributed by atoms with Crippen molar-refractivity contribution in [2.45, 2.75) is 38.5 Å². The van der Waals surface area contributed by atoms with E-state index in [1.165, 1.54) is 64.7 Å². The highest BCUT2D eigenvalue weighted by molar-refractivity contribution is 6.50. The second-order valence-electron chi connectivity index (χ2n) is 5.33. The molecule has 0 N–H and O–H groups in total. The Morgan fingerprint density at radius 2 is 1.38 bits per heavy atom. The third-order valence-corrected chi connectivity index (χ3v) is 3.59. The van der Waals surface area contributed by atoms with E-state index >= 15 is 0 Å². The smallest absolute Gasteiger partial charge is 0.418 e. The highest BCUT2D eigenvalue weighted by Gasteiger charge is 2.20. The molecule has 0 atom stereocenters. The first-order valence-electron chi connectivity index (χ1n) is 7.42. The van der Waals surface area contributed by atoms with Gasteiger partial charge < -0.3 is 22.2 Å². The zero-order valence-corrected chi connectivity index (χ0v) is 12.8. The number of nitrogens with zero attached hydrogens (tertiary/aromatic N) is 2. The second kappa shape index (κ2) is 9.33. The van der Waals surface area contributed by atoms with Crippen LogP contribution in [0.15, 0.2) is 11.2 Å². The van der Waals surface area contributed by atoms with Crippen LogP contribution in [-0.2, 0) is 0 Å². The van der Waals surface area contributed by atoms with Crippen LogP contribution in [-0.4, -0.2) is 49.1 Å². The Bertz CT molecular complexity index is 352. The van der Waals surface area contributed by atoms with Gasteiger partial charge in [0, 0.05) is 32.1 Å². The van der Waals surface area contributed by atoms with Crippen LogP contribution in [0.5, 0.6) is 0 Å². The fourth-order valence-corrected chi connectivity index (χ4v) is 2.75. The second-order valence-corrected chi connectivity index (χ2v) is 5.77. The monoisotopic (exact) mass is 328 g/mol. The largest absolute Gasteiger partial charge is 0.673 e. The molecule has 0 saturated carbocycles. The van der Waals surface area contributed by atoms with Crippen LogP contribution in [0.3, 0.4) is 0 Å². The minimum atomic E-state index is -6.00. The summed E-state index contributed by atoms with van der Waals surface area (Å²) in [6, 6.07) is 0. The molecule has 8 heteroatoms. The normalized spacial score (nSPS) is 20.7. The predicted molar refractivity (Wildman–Crippen MR) is 79.5 cm³/mol. The molecule has 2 nitrogen and oxygen atoms in total. The number of halogens is 5. The molecule has 0 radical (unpaired) electrons. The van der Waals surface area contributed by atoms with E-state index in [0.717, 1.165) is 5.03 Å². The van der Waals surface area contributed by atoms with Crippen LogP contribution in [0.2, 0.25) is 0 Å². The number of piperidine rings is 2. The molecule has 122 valence electrons. The first-order valence-corrected chi connectivity index (χ1v) is 7.80. The van der Waals surface area contributed by atoms with Gasteiger partial charge in [0.15, 0.2) is 6.21 Å². The van der Waals surface area contributed by atoms with Gasteiger partial charge in [-0.15, -0.1) is 0 Å². The molecule has 0 aromatic carbocycles. The van der Waals surface area contributed by atoms with Crippen molar-refractivity contribution in [3.8, 4) is 0 Å². The van der Waals surface area contributed by atoms with Gasteiger partial charge >= 0.3 is 7.25 Å². The maximum Gasteiger partial charge on any atom is 0.673 e. The lowest BCUT2D eigenvalue weighted by Gasteiger charge is -2.24. The van der Waals surface area contributed by atoms with Crippen molar-refractivity contribution in [2.24, 2.45) is 0 Å². The third-order valence-electron chi connectivity index (χ3n) is 3.39. The van der Waals surface area contributed by atoms with Crippen molar-refractivity contribution in [1.29, 1.82) is 0 Å². The summed E-state index contributed by atoms with van der Waals surface area (Å²) in [6.45, 7) is 4.68. The Morgan fingerprint density at radius 1 is 0.905 bits per heavy atom. The van der Waals surface area contributed by atoms with E-state index in [4.69, 9.17) is 11.6 Å². The summed E-state index contributed by atoms with van der Waals surface area (Å²) in [4.78, 5) is 2.35. The molecule has 0 aliphatic carbocycles. The van der Waals surface area contributed by atoms with Crippen molar-refractivity contribution in [3.05, 3.63) is 11.2 Å². The zero-order chi connectivity index (χ0) is 15.7. The molecule has 0 spiro atoms. The van der Waals surface area contributed by atoms with Crippen molar-refractivity contribution in [1.82, 2.24) is 4.90 Å². The lowest BCUT2D eigenvalue weighted by atomic mass is 10.1. The summed E-state index contributed by atoms with van der Waals surface area (Å²) in [5.41, 5.74) is 0. The highest BCUT2D eigenvalue weighted by Crippen LogP contribution is 2.12. The standard InChI is InChI=1S/C13H22ClN2.BF4/c14-13(11-15-7-3-1-4-8-15)12-16-9-5-2-6-10-16;2-1(3,4)5/h11-12H,1-10H2;/q+1;-1. The molecule has 2 fully saturated rings. The summed E-state index contributed by atoms with van der Waals surface area (Å²) in [5.74, 6) is 0. The number of allylic oxidation sites excluding steroid dienone is 1. The fourth-order valence-electron chi connectivity index (χ4n) is 2.48. The van der Waals surface area contributed by atoms with Crippen LogP contribution in [0.1, 0.15) is 38.5 Å². The zero-order valence-electron chi connectivity index (χ0n) is 12.1. The molecular formula is C13H22BClF4N2. The first-order chi connectivity index (χ1) is 9.84. The predicted octanol–water partition coefficient (Wildman–Crippen LogP) is 4.12. The van der Waals surface area contributed by atoms with E-state index < -0.39 is 7.25 Å². The van der Waals surface area contributed by atoms with Crippen LogP contribution in [0.4, 0.5) is 17.3 Å². The van der Waals surface area contributed by atoms with Crippen LogP contribution >= 0.6 is 11.6 Å². The van der Waals surface area contributed by atoms with Crippen LogP contribution < -0.4 is 0 Å². The van der Waals surface area contributed by atoms with Gasteiger partial charge in [-0.1, -0.05) is 11.6 Å². The minimum Gasteiger partial charge on any atom is -0.418 e. The van der Waals surface area contributed by atoms with Gasteiger partial charge in [0.25, 0.3) is 0 Å². The Labute approximate surface area is 128 Å². The van der Waals surface area contributed by atoms with Crippen molar-refractivity contribution >= 4 is 25.1 Å². The van der Waals surface area contributed by atoms with Crippen molar-refractivity contribution < 1.29 is 21.8 Å². The Morgan fingerprint density at radius 3 is 1.90 bits per heavy atom. The van der Waals surface area contributed by atoms with Gasteiger partial charge in [-0.05, 0) is 25.7 Å². The third kappa shape index (κ3) is 10.6. The van der Waals surface area contributed by atoms with E-state index in [-0.39, 0.29) is 0 Å². The summed E-state index contributed by atoms with van der Waals surface area (Å²) in [5, 5.41) is 0.892. The van der Waals surface area contributed by atoms with Gasteiger partial charge in [-0.2, -0.15) is 0 Å².